The Balaban J connectivity index is 0.000000197. The summed E-state index contributed by atoms with van der Waals surface area (Å²) in [5, 5.41) is 0. The molecular weight excluding hydrogens is 745 g/mol. The molecule has 17 nitrogen and oxygen atoms in total. The Morgan fingerprint density at radius 1 is 0.741 bits per heavy atom. The molecule has 330 valence electrons. The van der Waals surface area contributed by atoms with Crippen LogP contribution in [0.4, 0.5) is 4.79 Å². The van der Waals surface area contributed by atoms with Crippen molar-refractivity contribution in [2.75, 3.05) is 141 Å². The van der Waals surface area contributed by atoms with E-state index in [2.05, 4.69) is 35.3 Å². The van der Waals surface area contributed by atoms with E-state index in [1.807, 2.05) is 44.9 Å². The maximum absolute atomic E-state index is 11.9. The number of morpholine rings is 1. The molecule has 7 aliphatic heterocycles. The lowest BCUT2D eigenvalue weighted by Gasteiger charge is -2.44. The quantitative estimate of drug-likeness (QED) is 0.386. The molecule has 58 heavy (non-hydrogen) atoms. The second-order valence-corrected chi connectivity index (χ2v) is 16.7. The third-order valence-electron chi connectivity index (χ3n) is 12.1. The summed E-state index contributed by atoms with van der Waals surface area (Å²) in [5.74, 6) is 1.39. The van der Waals surface area contributed by atoms with E-state index >= 15 is 0 Å². The average Bonchev–Trinajstić information content (AvgIpc) is 3.83. The normalized spacial score (nSPS) is 26.5. The van der Waals surface area contributed by atoms with Crippen LogP contribution in [0, 0.1) is 5.92 Å². The number of likely N-dealkylation sites (tertiary alicyclic amines) is 1. The van der Waals surface area contributed by atoms with Gasteiger partial charge in [0.25, 0.3) is 0 Å². The first-order valence-electron chi connectivity index (χ1n) is 21.1. The van der Waals surface area contributed by atoms with Gasteiger partial charge < -0.3 is 43.9 Å². The second-order valence-electron chi connectivity index (χ2n) is 16.7. The summed E-state index contributed by atoms with van der Waals surface area (Å²) in [6, 6.07) is 0.203. The highest BCUT2D eigenvalue weighted by Gasteiger charge is 2.42. The van der Waals surface area contributed by atoms with Crippen LogP contribution in [0.1, 0.15) is 53.4 Å². The first kappa shape index (κ1) is 48.6. The molecule has 0 aromatic carbocycles. The SMILES string of the molecule is C=C1C2CCC(C)CN2C(=O)N1C.CC(=O)N1CCCC1.CC(=O)N1CCOCC1.CCN(C)C(=O)C1CN(C)CCN1C.CN1CCN2C(=O)CN(C)C(=O)C2C1. The number of amides is 7. The summed E-state index contributed by atoms with van der Waals surface area (Å²) in [4.78, 5) is 87.0. The molecule has 4 unspecified atom stereocenters. The minimum absolute atomic E-state index is 0.0405. The minimum atomic E-state index is -0.250. The number of rotatable bonds is 2. The van der Waals surface area contributed by atoms with Crippen molar-refractivity contribution < 1.29 is 33.5 Å². The predicted molar refractivity (Wildman–Crippen MR) is 224 cm³/mol. The van der Waals surface area contributed by atoms with E-state index in [0.717, 1.165) is 77.6 Å². The standard InChI is InChI=1S/C10H21N3O.C10H16N2O.C9H15N3O2.C6H11NO2.C6H11NO/c1-5-12(3)10(14)9-8-11(2)6-7-13(9)4;1-7-4-5-9-8(2)11(3)10(13)12(9)6-7;1-10-3-4-12-7(5-10)9(14)11(2)6-8(12)13;1-6(8)7-2-4-9-5-3-7;1-6(8)7-4-2-3-5-7/h9H,5-8H2,1-4H3;7,9H,2,4-6H2,1,3H3;7H,3-6H2,1-2H3;2-5H2,1H3;2-5H2,1H3. The molecule has 0 aliphatic carbocycles. The van der Waals surface area contributed by atoms with Crippen LogP contribution in [-0.4, -0.2) is 243 Å². The van der Waals surface area contributed by atoms with Gasteiger partial charge in [-0.15, -0.1) is 0 Å². The molecule has 7 fully saturated rings. The second kappa shape index (κ2) is 23.1. The molecule has 0 bridgehead atoms. The van der Waals surface area contributed by atoms with E-state index in [1.54, 1.807) is 40.5 Å². The molecule has 0 aromatic heterocycles. The summed E-state index contributed by atoms with van der Waals surface area (Å²) in [6.07, 6.45) is 4.68. The highest BCUT2D eigenvalue weighted by atomic mass is 16.5. The van der Waals surface area contributed by atoms with Crippen molar-refractivity contribution in [2.45, 2.75) is 71.5 Å². The van der Waals surface area contributed by atoms with E-state index in [1.165, 1.54) is 24.2 Å². The molecule has 0 radical (unpaired) electrons. The molecule has 4 atom stereocenters. The highest BCUT2D eigenvalue weighted by Crippen LogP contribution is 2.33. The Hall–Kier alpha value is -3.80. The predicted octanol–water partition coefficient (Wildman–Crippen LogP) is 0.471. The van der Waals surface area contributed by atoms with Crippen LogP contribution in [0.25, 0.3) is 0 Å². The fourth-order valence-electron chi connectivity index (χ4n) is 7.90. The first-order chi connectivity index (χ1) is 27.4. The molecule has 0 N–H and O–H groups in total. The number of carbonyl (C=O) groups excluding carboxylic acids is 6. The van der Waals surface area contributed by atoms with Crippen LogP contribution in [0.15, 0.2) is 12.3 Å². The number of piperidine rings is 1. The Morgan fingerprint density at radius 2 is 1.31 bits per heavy atom. The van der Waals surface area contributed by atoms with E-state index in [4.69, 9.17) is 4.74 Å². The smallest absolute Gasteiger partial charge is 0.324 e. The Bertz CT molecular complexity index is 1420. The average molecular weight is 819 g/mol. The summed E-state index contributed by atoms with van der Waals surface area (Å²) in [5.41, 5.74) is 0.969. The molecule has 17 heteroatoms. The lowest BCUT2D eigenvalue weighted by molar-refractivity contribution is -0.157. The van der Waals surface area contributed by atoms with Gasteiger partial charge in [-0.05, 0) is 59.7 Å². The van der Waals surface area contributed by atoms with Gasteiger partial charge in [0.15, 0.2) is 0 Å². The molecule has 7 saturated heterocycles. The topological polar surface area (TPSA) is 144 Å². The van der Waals surface area contributed by atoms with Gasteiger partial charge in [-0.25, -0.2) is 4.79 Å². The number of carbonyl (C=O) groups is 6. The fourth-order valence-corrected chi connectivity index (χ4v) is 7.90. The largest absolute Gasteiger partial charge is 0.378 e. The molecule has 7 amide bonds. The van der Waals surface area contributed by atoms with Crippen molar-refractivity contribution in [2.24, 2.45) is 5.92 Å². The maximum Gasteiger partial charge on any atom is 0.324 e. The zero-order valence-corrected chi connectivity index (χ0v) is 37.3. The van der Waals surface area contributed by atoms with Crippen LogP contribution < -0.4 is 0 Å². The number of urea groups is 1. The van der Waals surface area contributed by atoms with Gasteiger partial charge in [0.05, 0.1) is 25.8 Å². The van der Waals surface area contributed by atoms with Crippen molar-refractivity contribution in [1.29, 1.82) is 0 Å². The Labute approximate surface area is 347 Å². The van der Waals surface area contributed by atoms with Crippen molar-refractivity contribution >= 4 is 35.6 Å². The van der Waals surface area contributed by atoms with Gasteiger partial charge in [0, 0.05) is 119 Å². The molecule has 0 spiro atoms. The minimum Gasteiger partial charge on any atom is -0.378 e. The summed E-state index contributed by atoms with van der Waals surface area (Å²) < 4.78 is 5.06. The molecule has 0 saturated carbocycles. The Morgan fingerprint density at radius 3 is 1.86 bits per heavy atom. The monoisotopic (exact) mass is 819 g/mol. The van der Waals surface area contributed by atoms with Gasteiger partial charge in [-0.1, -0.05) is 13.5 Å². The Kier molecular flexibility index (Phi) is 19.4. The lowest BCUT2D eigenvalue weighted by Crippen LogP contribution is -2.65. The third-order valence-corrected chi connectivity index (χ3v) is 12.1. The number of nitrogens with zero attached hydrogens (tertiary/aromatic N) is 10. The number of hydrogen-bond donors (Lipinski definition) is 0. The van der Waals surface area contributed by atoms with Crippen molar-refractivity contribution in [3.8, 4) is 0 Å². The zero-order chi connectivity index (χ0) is 43.3. The van der Waals surface area contributed by atoms with Gasteiger partial charge in [-0.2, -0.15) is 0 Å². The van der Waals surface area contributed by atoms with Crippen LogP contribution in [0.2, 0.25) is 0 Å². The molecule has 7 rings (SSSR count). The van der Waals surface area contributed by atoms with Crippen LogP contribution in [0.5, 0.6) is 0 Å². The lowest BCUT2D eigenvalue weighted by atomic mass is 9.94. The van der Waals surface area contributed by atoms with Gasteiger partial charge >= 0.3 is 6.03 Å². The number of ether oxygens (including phenoxy) is 1. The van der Waals surface area contributed by atoms with E-state index in [9.17, 15) is 28.8 Å². The van der Waals surface area contributed by atoms with Crippen LogP contribution in [0.3, 0.4) is 0 Å². The molecule has 0 aromatic rings. The highest BCUT2D eigenvalue weighted by molar-refractivity contribution is 5.95. The van der Waals surface area contributed by atoms with Gasteiger partial charge in [-0.3, -0.25) is 33.8 Å². The van der Waals surface area contributed by atoms with Gasteiger partial charge in [0.2, 0.25) is 29.5 Å². The summed E-state index contributed by atoms with van der Waals surface area (Å²) >= 11 is 0. The van der Waals surface area contributed by atoms with Crippen molar-refractivity contribution in [3.63, 3.8) is 0 Å². The van der Waals surface area contributed by atoms with Crippen molar-refractivity contribution in [1.82, 2.24) is 49.0 Å². The van der Waals surface area contributed by atoms with Crippen LogP contribution >= 0.6 is 0 Å². The van der Waals surface area contributed by atoms with Crippen LogP contribution in [-0.2, 0) is 28.7 Å². The number of piperazine rings is 3. The maximum atomic E-state index is 11.9. The van der Waals surface area contributed by atoms with Gasteiger partial charge in [0.1, 0.15) is 12.1 Å². The molecular formula is C41H74N10O7. The van der Waals surface area contributed by atoms with E-state index in [0.29, 0.717) is 32.2 Å². The number of likely N-dealkylation sites (N-methyl/N-ethyl adjacent to an activating group) is 6. The summed E-state index contributed by atoms with van der Waals surface area (Å²) in [7, 11) is 11.4. The number of fused-ring (bicyclic) bond motifs is 2. The first-order valence-corrected chi connectivity index (χ1v) is 21.1. The van der Waals surface area contributed by atoms with E-state index < -0.39 is 0 Å². The summed E-state index contributed by atoms with van der Waals surface area (Å²) in [6.45, 7) is 23.2. The zero-order valence-electron chi connectivity index (χ0n) is 37.3. The third kappa shape index (κ3) is 13.6. The molecule has 7 heterocycles. The molecule has 7 aliphatic rings. The van der Waals surface area contributed by atoms with E-state index in [-0.39, 0.29) is 60.2 Å². The van der Waals surface area contributed by atoms with Crippen molar-refractivity contribution in [3.05, 3.63) is 12.3 Å². The number of hydrogen-bond acceptors (Lipinski definition) is 10. The fraction of sp³-hybridized carbons (Fsp3) is 0.805.